The number of aryl methyl sites for hydroxylation is 4. The molecule has 0 aromatic heterocycles. The number of ether oxygens (including phenoxy) is 1. The van der Waals surface area contributed by atoms with Gasteiger partial charge in [0.05, 0.1) is 36.4 Å². The van der Waals surface area contributed by atoms with Gasteiger partial charge in [0.15, 0.2) is 0 Å². The summed E-state index contributed by atoms with van der Waals surface area (Å²) in [5, 5.41) is 8.29. The quantitative estimate of drug-likeness (QED) is 0.235. The van der Waals surface area contributed by atoms with Crippen LogP contribution in [0.1, 0.15) is 96.4 Å². The lowest BCUT2D eigenvalue weighted by Gasteiger charge is -2.53. The fourth-order valence-corrected chi connectivity index (χ4v) is 6.63. The highest BCUT2D eigenvalue weighted by Gasteiger charge is 2.50. The molecule has 2 saturated heterocycles. The average molecular weight is 545 g/mol. The number of morpholine rings is 2. The summed E-state index contributed by atoms with van der Waals surface area (Å²) in [6.07, 6.45) is 4.08. The third-order valence-corrected chi connectivity index (χ3v) is 9.33. The topological polar surface area (TPSA) is 33.3 Å². The Kier molecular flexibility index (Phi) is 8.39. The van der Waals surface area contributed by atoms with E-state index in [2.05, 4.69) is 135 Å². The van der Waals surface area contributed by atoms with Crippen LogP contribution in [0.25, 0.3) is 0 Å². The number of nitrogens with one attached hydrogen (secondary N) is 2. The van der Waals surface area contributed by atoms with Gasteiger partial charge in [0, 0.05) is 0 Å². The van der Waals surface area contributed by atoms with Crippen molar-refractivity contribution in [3.8, 4) is 0 Å². The van der Waals surface area contributed by atoms with Crippen molar-refractivity contribution in [3.63, 3.8) is 0 Å². The predicted octanol–water partition coefficient (Wildman–Crippen LogP) is 8.16. The van der Waals surface area contributed by atoms with Crippen molar-refractivity contribution in [2.45, 2.75) is 89.8 Å². The van der Waals surface area contributed by atoms with Crippen LogP contribution in [-0.2, 0) is 30.4 Å². The number of hydrogen-bond donors (Lipinski definition) is 2. The molecule has 2 aliphatic rings. The second-order valence-corrected chi connectivity index (χ2v) is 11.7. The van der Waals surface area contributed by atoms with E-state index in [1.807, 2.05) is 0 Å². The SMILES string of the molecule is CCc1ccc([C@H]2N[C@H](c3ccc(CC)cc3)C3OC2[C@@H](c2ccc(CC)cc2)N[C@H]3c2ccc(CC)cc2)cc1. The molecule has 2 bridgehead atoms. The Morgan fingerprint density at radius 2 is 0.610 bits per heavy atom. The van der Waals surface area contributed by atoms with Gasteiger partial charge >= 0.3 is 0 Å². The predicted molar refractivity (Wildman–Crippen MR) is 169 cm³/mol. The zero-order valence-electron chi connectivity index (χ0n) is 24.9. The van der Waals surface area contributed by atoms with E-state index in [0.29, 0.717) is 0 Å². The van der Waals surface area contributed by atoms with Gasteiger partial charge in [-0.1, -0.05) is 125 Å². The summed E-state index contributed by atoms with van der Waals surface area (Å²) in [4.78, 5) is 0. The standard InChI is InChI=1S/C38H44N2O/c1-5-25-9-17-29(18-10-25)33-37-34(30-19-11-26(6-2)12-20-30)40-36(32-23-15-28(8-4)16-24-32)38(41-37)35(39-33)31-21-13-27(7-3)14-22-31/h9-24,33-40H,5-8H2,1-4H3/t33-,34-,35-,36+,37?,38?/m1/s1. The van der Waals surface area contributed by atoms with Crippen molar-refractivity contribution >= 4 is 0 Å². The van der Waals surface area contributed by atoms with E-state index in [4.69, 9.17) is 4.74 Å². The molecule has 2 aliphatic heterocycles. The molecule has 2 heterocycles. The second kappa shape index (κ2) is 12.3. The Hall–Kier alpha value is -3.24. The van der Waals surface area contributed by atoms with Crippen molar-refractivity contribution in [3.05, 3.63) is 142 Å². The third kappa shape index (κ3) is 5.64. The van der Waals surface area contributed by atoms with Gasteiger partial charge in [-0.15, -0.1) is 0 Å². The lowest BCUT2D eigenvalue weighted by molar-refractivity contribution is -0.154. The fraction of sp³-hybridized carbons (Fsp3) is 0.368. The van der Waals surface area contributed by atoms with Gasteiger partial charge < -0.3 is 4.74 Å². The van der Waals surface area contributed by atoms with Gasteiger partial charge in [0.1, 0.15) is 0 Å². The molecular weight excluding hydrogens is 500 g/mol. The third-order valence-electron chi connectivity index (χ3n) is 9.33. The molecule has 3 nitrogen and oxygen atoms in total. The van der Waals surface area contributed by atoms with E-state index in [1.165, 1.54) is 44.5 Å². The van der Waals surface area contributed by atoms with E-state index in [0.717, 1.165) is 25.7 Å². The molecule has 2 fully saturated rings. The van der Waals surface area contributed by atoms with Gasteiger partial charge in [-0.25, -0.2) is 0 Å². The van der Waals surface area contributed by atoms with E-state index in [9.17, 15) is 0 Å². The lowest BCUT2D eigenvalue weighted by Crippen LogP contribution is -2.61. The smallest absolute Gasteiger partial charge is 0.0969 e. The minimum absolute atomic E-state index is 0.0442. The molecule has 212 valence electrons. The Bertz CT molecular complexity index is 1190. The second-order valence-electron chi connectivity index (χ2n) is 11.7. The molecule has 0 saturated carbocycles. The van der Waals surface area contributed by atoms with Crippen molar-refractivity contribution in [1.82, 2.24) is 10.6 Å². The molecule has 0 spiro atoms. The summed E-state index contributed by atoms with van der Waals surface area (Å²) in [7, 11) is 0. The van der Waals surface area contributed by atoms with Crippen molar-refractivity contribution in [2.75, 3.05) is 0 Å². The Balaban J connectivity index is 1.44. The molecule has 2 N–H and O–H groups in total. The summed E-state index contributed by atoms with van der Waals surface area (Å²) in [5.74, 6) is 0. The van der Waals surface area contributed by atoms with Crippen LogP contribution >= 0.6 is 0 Å². The molecule has 6 rings (SSSR count). The molecule has 3 heteroatoms. The van der Waals surface area contributed by atoms with Crippen LogP contribution in [0.3, 0.4) is 0 Å². The Morgan fingerprint density at radius 1 is 0.390 bits per heavy atom. The van der Waals surface area contributed by atoms with Gasteiger partial charge in [-0.05, 0) is 70.2 Å². The first-order valence-electron chi connectivity index (χ1n) is 15.6. The summed E-state index contributed by atoms with van der Waals surface area (Å²) < 4.78 is 7.29. The van der Waals surface area contributed by atoms with Gasteiger partial charge in [0.25, 0.3) is 0 Å². The van der Waals surface area contributed by atoms with Gasteiger partial charge in [0.2, 0.25) is 0 Å². The highest BCUT2D eigenvalue weighted by Crippen LogP contribution is 2.47. The number of rotatable bonds is 8. The van der Waals surface area contributed by atoms with Crippen LogP contribution < -0.4 is 10.6 Å². The van der Waals surface area contributed by atoms with Gasteiger partial charge in [-0.3, -0.25) is 10.6 Å². The van der Waals surface area contributed by atoms with Crippen LogP contribution in [0, 0.1) is 0 Å². The molecule has 2 unspecified atom stereocenters. The maximum Gasteiger partial charge on any atom is 0.0969 e. The van der Waals surface area contributed by atoms with E-state index < -0.39 is 0 Å². The normalized spacial score (nSPS) is 25.7. The molecule has 0 radical (unpaired) electrons. The summed E-state index contributed by atoms with van der Waals surface area (Å²) in [5.41, 5.74) is 10.6. The van der Waals surface area contributed by atoms with Crippen LogP contribution in [0.5, 0.6) is 0 Å². The zero-order chi connectivity index (χ0) is 28.3. The molecule has 4 aromatic carbocycles. The first-order valence-corrected chi connectivity index (χ1v) is 15.6. The highest BCUT2D eigenvalue weighted by atomic mass is 16.5. The fourth-order valence-electron chi connectivity index (χ4n) is 6.63. The van der Waals surface area contributed by atoms with Crippen LogP contribution in [0.4, 0.5) is 0 Å². The molecule has 41 heavy (non-hydrogen) atoms. The minimum Gasteiger partial charge on any atom is -0.367 e. The van der Waals surface area contributed by atoms with Crippen LogP contribution in [-0.4, -0.2) is 12.2 Å². The monoisotopic (exact) mass is 544 g/mol. The minimum atomic E-state index is -0.0442. The molecule has 4 aromatic rings. The van der Waals surface area contributed by atoms with Crippen molar-refractivity contribution in [1.29, 1.82) is 0 Å². The van der Waals surface area contributed by atoms with E-state index >= 15 is 0 Å². The summed E-state index contributed by atoms with van der Waals surface area (Å²) in [6, 6.07) is 36.8. The molecule has 0 aliphatic carbocycles. The average Bonchev–Trinajstić information content (AvgIpc) is 3.05. The zero-order valence-corrected chi connectivity index (χ0v) is 24.9. The van der Waals surface area contributed by atoms with E-state index in [-0.39, 0.29) is 36.4 Å². The number of hydrogen-bond acceptors (Lipinski definition) is 3. The van der Waals surface area contributed by atoms with Crippen LogP contribution in [0.15, 0.2) is 97.1 Å². The molecule has 0 amide bonds. The maximum atomic E-state index is 7.29. The number of fused-ring (bicyclic) bond motifs is 2. The number of benzene rings is 4. The first-order chi connectivity index (χ1) is 20.1. The summed E-state index contributed by atoms with van der Waals surface area (Å²) in [6.45, 7) is 8.86. The lowest BCUT2D eigenvalue weighted by atomic mass is 9.79. The first kappa shape index (κ1) is 27.9. The largest absolute Gasteiger partial charge is 0.367 e. The maximum absolute atomic E-state index is 7.29. The highest BCUT2D eigenvalue weighted by molar-refractivity contribution is 5.37. The van der Waals surface area contributed by atoms with Crippen LogP contribution in [0.2, 0.25) is 0 Å². The van der Waals surface area contributed by atoms with Crippen molar-refractivity contribution in [2.24, 2.45) is 0 Å². The summed E-state index contributed by atoms with van der Waals surface area (Å²) >= 11 is 0. The van der Waals surface area contributed by atoms with Crippen molar-refractivity contribution < 1.29 is 4.74 Å². The Labute approximate surface area is 246 Å². The van der Waals surface area contributed by atoms with E-state index in [1.54, 1.807) is 0 Å². The molecule has 6 atom stereocenters. The Morgan fingerprint density at radius 3 is 0.805 bits per heavy atom. The molecular formula is C38H44N2O. The van der Waals surface area contributed by atoms with Gasteiger partial charge in [-0.2, -0.15) is 0 Å².